The van der Waals surface area contributed by atoms with Gasteiger partial charge in [-0.2, -0.15) is 0 Å². The van der Waals surface area contributed by atoms with Crippen molar-refractivity contribution < 1.29 is 13.2 Å². The van der Waals surface area contributed by atoms with Crippen molar-refractivity contribution in [2.45, 2.75) is 50.5 Å². The van der Waals surface area contributed by atoms with Crippen molar-refractivity contribution in [2.75, 3.05) is 10.6 Å². The maximum absolute atomic E-state index is 12.3. The number of hydrogen-bond donors (Lipinski definition) is 3. The van der Waals surface area contributed by atoms with E-state index in [2.05, 4.69) is 29.7 Å². The summed E-state index contributed by atoms with van der Waals surface area (Å²) in [6.07, 6.45) is 4.69. The molecule has 0 saturated heterocycles. The standard InChI is InChI=1S/C20H27N3O3S/c1-3-4-5-6-16-7-9-17(10-8-16)22-15(2)20(24)23-18-11-13-19(14-12-18)27(21,25)26/h7-15,22H,3-6H2,1-2H3,(H,23,24)(H2,21,25,26)/t15-/m1/s1. The molecule has 7 heteroatoms. The molecule has 0 aliphatic carbocycles. The topological polar surface area (TPSA) is 101 Å². The first-order chi connectivity index (χ1) is 12.8. The molecule has 1 amide bonds. The first-order valence-corrected chi connectivity index (χ1v) is 10.6. The minimum Gasteiger partial charge on any atom is -0.374 e. The van der Waals surface area contributed by atoms with Crippen molar-refractivity contribution in [3.05, 3.63) is 54.1 Å². The molecule has 27 heavy (non-hydrogen) atoms. The van der Waals surface area contributed by atoms with Gasteiger partial charge >= 0.3 is 0 Å². The molecule has 0 bridgehead atoms. The molecule has 0 fully saturated rings. The van der Waals surface area contributed by atoms with Crippen LogP contribution in [0.2, 0.25) is 0 Å². The van der Waals surface area contributed by atoms with Crippen molar-refractivity contribution >= 4 is 27.3 Å². The van der Waals surface area contributed by atoms with E-state index in [0.29, 0.717) is 5.69 Å². The zero-order chi connectivity index (χ0) is 19.9. The van der Waals surface area contributed by atoms with E-state index in [1.54, 1.807) is 6.92 Å². The highest BCUT2D eigenvalue weighted by Gasteiger charge is 2.14. The van der Waals surface area contributed by atoms with Gasteiger partial charge < -0.3 is 10.6 Å². The average Bonchev–Trinajstić information content (AvgIpc) is 2.63. The summed E-state index contributed by atoms with van der Waals surface area (Å²) in [4.78, 5) is 12.3. The van der Waals surface area contributed by atoms with Crippen LogP contribution in [0.1, 0.15) is 38.7 Å². The number of aryl methyl sites for hydroxylation is 1. The molecule has 2 rings (SSSR count). The number of anilines is 2. The molecule has 0 heterocycles. The molecule has 2 aromatic carbocycles. The van der Waals surface area contributed by atoms with E-state index in [1.165, 1.54) is 49.1 Å². The quantitative estimate of drug-likeness (QED) is 0.571. The Labute approximate surface area is 161 Å². The van der Waals surface area contributed by atoms with Gasteiger partial charge in [-0.1, -0.05) is 31.9 Å². The third-order valence-electron chi connectivity index (χ3n) is 4.25. The number of primary sulfonamides is 1. The summed E-state index contributed by atoms with van der Waals surface area (Å²) in [7, 11) is -3.74. The Kier molecular flexibility index (Phi) is 7.38. The largest absolute Gasteiger partial charge is 0.374 e. The van der Waals surface area contributed by atoms with Gasteiger partial charge in [0, 0.05) is 11.4 Å². The number of rotatable bonds is 9. The highest BCUT2D eigenvalue weighted by molar-refractivity contribution is 7.89. The van der Waals surface area contributed by atoms with Crippen LogP contribution in [0.25, 0.3) is 0 Å². The normalized spacial score (nSPS) is 12.4. The zero-order valence-electron chi connectivity index (χ0n) is 15.7. The highest BCUT2D eigenvalue weighted by atomic mass is 32.2. The Hall–Kier alpha value is -2.38. The first kappa shape index (κ1) is 20.9. The van der Waals surface area contributed by atoms with Gasteiger partial charge in [-0.3, -0.25) is 4.79 Å². The Bertz CT molecular complexity index is 847. The van der Waals surface area contributed by atoms with Crippen LogP contribution < -0.4 is 15.8 Å². The summed E-state index contributed by atoms with van der Waals surface area (Å²) >= 11 is 0. The van der Waals surface area contributed by atoms with Gasteiger partial charge in [-0.05, 0) is 61.7 Å². The van der Waals surface area contributed by atoms with Crippen molar-refractivity contribution in [3.8, 4) is 0 Å². The van der Waals surface area contributed by atoms with Crippen LogP contribution in [-0.2, 0) is 21.2 Å². The predicted octanol–water partition coefficient (Wildman–Crippen LogP) is 3.51. The van der Waals surface area contributed by atoms with Gasteiger partial charge in [0.1, 0.15) is 6.04 Å². The third kappa shape index (κ3) is 6.69. The van der Waals surface area contributed by atoms with E-state index in [4.69, 9.17) is 5.14 Å². The Balaban J connectivity index is 1.89. The molecule has 0 radical (unpaired) electrons. The molecule has 0 aliphatic rings. The SMILES string of the molecule is CCCCCc1ccc(N[C@H](C)C(=O)Nc2ccc(S(N)(=O)=O)cc2)cc1. The Morgan fingerprint density at radius 3 is 2.15 bits per heavy atom. The maximum Gasteiger partial charge on any atom is 0.246 e. The van der Waals surface area contributed by atoms with E-state index in [0.717, 1.165) is 12.1 Å². The zero-order valence-corrected chi connectivity index (χ0v) is 16.6. The van der Waals surface area contributed by atoms with Crippen LogP contribution in [0.3, 0.4) is 0 Å². The third-order valence-corrected chi connectivity index (χ3v) is 5.18. The first-order valence-electron chi connectivity index (χ1n) is 9.09. The minimum absolute atomic E-state index is 0.00528. The van der Waals surface area contributed by atoms with Gasteiger partial charge in [0.25, 0.3) is 0 Å². The number of amides is 1. The number of sulfonamides is 1. The smallest absolute Gasteiger partial charge is 0.246 e. The van der Waals surface area contributed by atoms with E-state index in [-0.39, 0.29) is 10.8 Å². The van der Waals surface area contributed by atoms with Crippen LogP contribution in [0.5, 0.6) is 0 Å². The molecular formula is C20H27N3O3S. The molecule has 6 nitrogen and oxygen atoms in total. The van der Waals surface area contributed by atoms with Gasteiger partial charge in [0.05, 0.1) is 4.90 Å². The molecule has 146 valence electrons. The molecule has 0 unspecified atom stereocenters. The van der Waals surface area contributed by atoms with E-state index in [9.17, 15) is 13.2 Å². The van der Waals surface area contributed by atoms with Crippen molar-refractivity contribution in [3.63, 3.8) is 0 Å². The number of hydrogen-bond acceptors (Lipinski definition) is 4. The number of benzene rings is 2. The minimum atomic E-state index is -3.74. The van der Waals surface area contributed by atoms with Crippen molar-refractivity contribution in [1.82, 2.24) is 0 Å². The van der Waals surface area contributed by atoms with Gasteiger partial charge in [-0.25, -0.2) is 13.6 Å². The summed E-state index contributed by atoms with van der Waals surface area (Å²) in [5, 5.41) is 11.0. The molecule has 0 spiro atoms. The Morgan fingerprint density at radius 2 is 1.59 bits per heavy atom. The van der Waals surface area contributed by atoms with E-state index >= 15 is 0 Å². The number of nitrogens with two attached hydrogens (primary N) is 1. The lowest BCUT2D eigenvalue weighted by molar-refractivity contribution is -0.116. The second-order valence-electron chi connectivity index (χ2n) is 6.58. The molecule has 2 aromatic rings. The summed E-state index contributed by atoms with van der Waals surface area (Å²) in [6.45, 7) is 3.96. The lowest BCUT2D eigenvalue weighted by atomic mass is 10.1. The van der Waals surface area contributed by atoms with E-state index in [1.807, 2.05) is 12.1 Å². The fourth-order valence-corrected chi connectivity index (χ4v) is 3.16. The predicted molar refractivity (Wildman–Crippen MR) is 109 cm³/mol. The van der Waals surface area contributed by atoms with Gasteiger partial charge in [-0.15, -0.1) is 0 Å². The van der Waals surface area contributed by atoms with Crippen LogP contribution in [-0.4, -0.2) is 20.4 Å². The van der Waals surface area contributed by atoms with Crippen LogP contribution >= 0.6 is 0 Å². The van der Waals surface area contributed by atoms with Crippen LogP contribution in [0.4, 0.5) is 11.4 Å². The molecule has 4 N–H and O–H groups in total. The molecule has 0 aliphatic heterocycles. The average molecular weight is 390 g/mol. The molecule has 0 saturated carbocycles. The second-order valence-corrected chi connectivity index (χ2v) is 8.14. The Morgan fingerprint density at radius 1 is 1.00 bits per heavy atom. The molecule has 1 atom stereocenters. The number of carbonyl (C=O) groups is 1. The fourth-order valence-electron chi connectivity index (χ4n) is 2.64. The fraction of sp³-hybridized carbons (Fsp3) is 0.350. The van der Waals surface area contributed by atoms with E-state index < -0.39 is 16.1 Å². The highest BCUT2D eigenvalue weighted by Crippen LogP contribution is 2.15. The van der Waals surface area contributed by atoms with Crippen molar-refractivity contribution in [2.24, 2.45) is 5.14 Å². The number of unbranched alkanes of at least 4 members (excludes halogenated alkanes) is 2. The number of nitrogens with one attached hydrogen (secondary N) is 2. The molecule has 0 aromatic heterocycles. The monoisotopic (exact) mass is 389 g/mol. The van der Waals surface area contributed by atoms with Gasteiger partial charge in [0.15, 0.2) is 0 Å². The van der Waals surface area contributed by atoms with Crippen LogP contribution in [0.15, 0.2) is 53.4 Å². The second kappa shape index (κ2) is 9.53. The summed E-state index contributed by atoms with van der Waals surface area (Å²) in [5.41, 5.74) is 2.68. The maximum atomic E-state index is 12.3. The summed E-state index contributed by atoms with van der Waals surface area (Å²) < 4.78 is 22.5. The summed E-state index contributed by atoms with van der Waals surface area (Å²) in [5.74, 6) is -0.217. The summed E-state index contributed by atoms with van der Waals surface area (Å²) in [6, 6.07) is 13.4. The molecular weight excluding hydrogens is 362 g/mol. The van der Waals surface area contributed by atoms with Gasteiger partial charge in [0.2, 0.25) is 15.9 Å². The van der Waals surface area contributed by atoms with Crippen molar-refractivity contribution in [1.29, 1.82) is 0 Å². The lowest BCUT2D eigenvalue weighted by Crippen LogP contribution is -2.31. The van der Waals surface area contributed by atoms with Crippen LogP contribution in [0, 0.1) is 0 Å². The number of carbonyl (C=O) groups excluding carboxylic acids is 1. The lowest BCUT2D eigenvalue weighted by Gasteiger charge is -2.16.